The Morgan fingerprint density at radius 2 is 2.41 bits per heavy atom. The van der Waals surface area contributed by atoms with Crippen LogP contribution in [-0.4, -0.2) is 28.9 Å². The minimum absolute atomic E-state index is 0.120. The number of amides is 1. The van der Waals surface area contributed by atoms with Crippen molar-refractivity contribution in [1.82, 2.24) is 9.88 Å². The normalized spacial score (nSPS) is 10.1. The molecule has 0 saturated heterocycles. The molecule has 0 fully saturated rings. The van der Waals surface area contributed by atoms with Gasteiger partial charge in [-0.1, -0.05) is 24.6 Å². The third kappa shape index (κ3) is 3.82. The highest BCUT2D eigenvalue weighted by molar-refractivity contribution is 9.10. The number of hydrogen-bond acceptors (Lipinski definition) is 2. The Labute approximate surface area is 115 Å². The Hall–Kier alpha value is -0.870. The van der Waals surface area contributed by atoms with E-state index in [9.17, 15) is 4.79 Å². The van der Waals surface area contributed by atoms with Crippen molar-refractivity contribution in [2.45, 2.75) is 13.3 Å². The molecule has 17 heavy (non-hydrogen) atoms. The molecule has 1 amide bonds. The molecule has 0 aliphatic carbocycles. The van der Waals surface area contributed by atoms with Crippen molar-refractivity contribution in [3.05, 3.63) is 40.1 Å². The largest absolute Gasteiger partial charge is 0.335 e. The third-order valence-corrected chi connectivity index (χ3v) is 2.90. The molecule has 0 bridgehead atoms. The number of aromatic nitrogens is 1. The third-order valence-electron chi connectivity index (χ3n) is 2.17. The zero-order valence-corrected chi connectivity index (χ0v) is 12.0. The van der Waals surface area contributed by atoms with Gasteiger partial charge in [0.15, 0.2) is 0 Å². The lowest BCUT2D eigenvalue weighted by Crippen LogP contribution is -2.32. The monoisotopic (exact) mass is 316 g/mol. The fraction of sp³-hybridized carbons (Fsp3) is 0.333. The summed E-state index contributed by atoms with van der Waals surface area (Å²) >= 11 is 9.21. The highest BCUT2D eigenvalue weighted by Crippen LogP contribution is 2.19. The van der Waals surface area contributed by atoms with Crippen molar-refractivity contribution in [2.24, 2.45) is 0 Å². The fourth-order valence-corrected chi connectivity index (χ4v) is 1.96. The number of nitrogens with zero attached hydrogens (tertiary/aromatic N) is 2. The Morgan fingerprint density at radius 3 is 3.00 bits per heavy atom. The lowest BCUT2D eigenvalue weighted by molar-refractivity contribution is 0.0773. The molecular weight excluding hydrogens is 304 g/mol. The van der Waals surface area contributed by atoms with Crippen LogP contribution in [0, 0.1) is 0 Å². The smallest absolute Gasteiger partial charge is 0.257 e. The summed E-state index contributed by atoms with van der Waals surface area (Å²) in [5.41, 5.74) is 0.413. The molecule has 1 rings (SSSR count). The van der Waals surface area contributed by atoms with Gasteiger partial charge in [0.2, 0.25) is 0 Å². The van der Waals surface area contributed by atoms with Crippen molar-refractivity contribution < 1.29 is 4.79 Å². The van der Waals surface area contributed by atoms with E-state index in [1.54, 1.807) is 23.2 Å². The zero-order valence-electron chi connectivity index (χ0n) is 9.62. The molecule has 0 radical (unpaired) electrons. The van der Waals surface area contributed by atoms with E-state index >= 15 is 0 Å². The Bertz CT molecular complexity index is 423. The molecule has 1 aromatic rings. The lowest BCUT2D eigenvalue weighted by atomic mass is 10.2. The second kappa shape index (κ2) is 6.77. The molecule has 0 atom stereocenters. The van der Waals surface area contributed by atoms with Crippen LogP contribution >= 0.6 is 27.5 Å². The van der Waals surface area contributed by atoms with Crippen LogP contribution < -0.4 is 0 Å². The molecule has 0 spiro atoms. The first-order valence-electron chi connectivity index (χ1n) is 5.31. The van der Waals surface area contributed by atoms with Gasteiger partial charge in [-0.2, -0.15) is 0 Å². The van der Waals surface area contributed by atoms with E-state index in [0.29, 0.717) is 18.7 Å². The van der Waals surface area contributed by atoms with Crippen molar-refractivity contribution in [3.63, 3.8) is 0 Å². The molecule has 92 valence electrons. The molecule has 0 aliphatic heterocycles. The van der Waals surface area contributed by atoms with Crippen LogP contribution in [0.25, 0.3) is 0 Å². The van der Waals surface area contributed by atoms with E-state index in [0.717, 1.165) is 10.9 Å². The molecule has 0 N–H and O–H groups in total. The van der Waals surface area contributed by atoms with Crippen molar-refractivity contribution in [3.8, 4) is 0 Å². The molecule has 0 aliphatic rings. The van der Waals surface area contributed by atoms with Gasteiger partial charge in [0.1, 0.15) is 5.15 Å². The maximum absolute atomic E-state index is 12.2. The summed E-state index contributed by atoms with van der Waals surface area (Å²) in [6.45, 7) is 6.85. The SMILES string of the molecule is C=CCN(CCC)C(=O)c1cc(Br)cnc1Cl. The molecule has 0 aromatic carbocycles. The highest BCUT2D eigenvalue weighted by Gasteiger charge is 2.17. The molecule has 5 heteroatoms. The van der Waals surface area contributed by atoms with Crippen LogP contribution in [0.15, 0.2) is 29.4 Å². The second-order valence-electron chi connectivity index (χ2n) is 3.53. The van der Waals surface area contributed by atoms with Crippen molar-refractivity contribution in [2.75, 3.05) is 13.1 Å². The predicted molar refractivity (Wildman–Crippen MR) is 73.3 cm³/mol. The van der Waals surface area contributed by atoms with Gasteiger partial charge in [0.25, 0.3) is 5.91 Å². The minimum atomic E-state index is -0.120. The van der Waals surface area contributed by atoms with Gasteiger partial charge < -0.3 is 4.90 Å². The first kappa shape index (κ1) is 14.2. The summed E-state index contributed by atoms with van der Waals surface area (Å²) in [5.74, 6) is -0.120. The highest BCUT2D eigenvalue weighted by atomic mass is 79.9. The molecule has 1 heterocycles. The van der Waals surface area contributed by atoms with Gasteiger partial charge in [0, 0.05) is 23.8 Å². The maximum atomic E-state index is 12.2. The van der Waals surface area contributed by atoms with Crippen LogP contribution in [0.3, 0.4) is 0 Å². The Balaban J connectivity index is 2.99. The van der Waals surface area contributed by atoms with Crippen LogP contribution in [0.1, 0.15) is 23.7 Å². The molecule has 0 saturated carbocycles. The van der Waals surface area contributed by atoms with Crippen molar-refractivity contribution >= 4 is 33.4 Å². The number of rotatable bonds is 5. The van der Waals surface area contributed by atoms with E-state index in [2.05, 4.69) is 27.5 Å². The van der Waals surface area contributed by atoms with Gasteiger partial charge in [-0.3, -0.25) is 4.79 Å². The van der Waals surface area contributed by atoms with E-state index in [-0.39, 0.29) is 11.1 Å². The summed E-state index contributed by atoms with van der Waals surface area (Å²) in [6.07, 6.45) is 4.16. The second-order valence-corrected chi connectivity index (χ2v) is 4.81. The molecule has 3 nitrogen and oxygen atoms in total. The number of pyridine rings is 1. The molecule has 1 aromatic heterocycles. The predicted octanol–water partition coefficient (Wildman–Crippen LogP) is 3.54. The quantitative estimate of drug-likeness (QED) is 0.615. The van der Waals surface area contributed by atoms with Gasteiger partial charge in [-0.05, 0) is 28.4 Å². The van der Waals surface area contributed by atoms with Gasteiger partial charge in [-0.25, -0.2) is 4.98 Å². The summed E-state index contributed by atoms with van der Waals surface area (Å²) in [7, 11) is 0. The average Bonchev–Trinajstić information content (AvgIpc) is 2.31. The number of hydrogen-bond donors (Lipinski definition) is 0. The Kier molecular flexibility index (Phi) is 5.65. The van der Waals surface area contributed by atoms with E-state index in [1.807, 2.05) is 6.92 Å². The number of halogens is 2. The first-order valence-corrected chi connectivity index (χ1v) is 6.48. The summed E-state index contributed by atoms with van der Waals surface area (Å²) in [6, 6.07) is 1.68. The van der Waals surface area contributed by atoms with Crippen LogP contribution in [0.5, 0.6) is 0 Å². The van der Waals surface area contributed by atoms with Crippen molar-refractivity contribution in [1.29, 1.82) is 0 Å². The van der Waals surface area contributed by atoms with E-state index in [4.69, 9.17) is 11.6 Å². The van der Waals surface area contributed by atoms with Crippen LogP contribution in [-0.2, 0) is 0 Å². The summed E-state index contributed by atoms with van der Waals surface area (Å²) < 4.78 is 0.736. The maximum Gasteiger partial charge on any atom is 0.257 e. The summed E-state index contributed by atoms with van der Waals surface area (Å²) in [5, 5.41) is 0.225. The van der Waals surface area contributed by atoms with Gasteiger partial charge in [0.05, 0.1) is 5.56 Å². The number of carbonyl (C=O) groups excluding carboxylic acids is 1. The Morgan fingerprint density at radius 1 is 1.71 bits per heavy atom. The number of carbonyl (C=O) groups is 1. The average molecular weight is 318 g/mol. The minimum Gasteiger partial charge on any atom is -0.335 e. The molecule has 0 unspecified atom stereocenters. The first-order chi connectivity index (χ1) is 8.10. The van der Waals surface area contributed by atoms with Crippen LogP contribution in [0.4, 0.5) is 0 Å². The van der Waals surface area contributed by atoms with E-state index in [1.165, 1.54) is 0 Å². The molecular formula is C12H14BrClN2O. The van der Waals surface area contributed by atoms with Gasteiger partial charge in [-0.15, -0.1) is 6.58 Å². The zero-order chi connectivity index (χ0) is 12.8. The lowest BCUT2D eigenvalue weighted by Gasteiger charge is -2.20. The van der Waals surface area contributed by atoms with E-state index < -0.39 is 0 Å². The summed E-state index contributed by atoms with van der Waals surface area (Å²) in [4.78, 5) is 17.9. The van der Waals surface area contributed by atoms with Crippen LogP contribution in [0.2, 0.25) is 5.15 Å². The standard InChI is InChI=1S/C12H14BrClN2O/c1-3-5-16(6-4-2)12(17)10-7-9(13)8-15-11(10)14/h3,7-8H,1,4-6H2,2H3. The fourth-order valence-electron chi connectivity index (χ4n) is 1.44. The van der Waals surface area contributed by atoms with Gasteiger partial charge >= 0.3 is 0 Å². The topological polar surface area (TPSA) is 33.2 Å².